The van der Waals surface area contributed by atoms with Crippen LogP contribution < -0.4 is 4.90 Å². The number of likely N-dealkylation sites (tertiary alicyclic amines) is 1. The summed E-state index contributed by atoms with van der Waals surface area (Å²) in [5, 5.41) is 8.79. The SMILES string of the molecule is CC1CCCN(C(=O)N(CCC#N)c2ccccc2)C1. The quantitative estimate of drug-likeness (QED) is 0.847. The Morgan fingerprint density at radius 2 is 2.20 bits per heavy atom. The summed E-state index contributed by atoms with van der Waals surface area (Å²) in [5.41, 5.74) is 0.867. The van der Waals surface area contributed by atoms with Gasteiger partial charge in [0.05, 0.1) is 12.5 Å². The number of nitriles is 1. The van der Waals surface area contributed by atoms with Gasteiger partial charge in [0.15, 0.2) is 0 Å². The predicted molar refractivity (Wildman–Crippen MR) is 79.4 cm³/mol. The summed E-state index contributed by atoms with van der Waals surface area (Å²) in [5.74, 6) is 0.557. The van der Waals surface area contributed by atoms with Gasteiger partial charge in [-0.05, 0) is 30.9 Å². The number of rotatable bonds is 3. The van der Waals surface area contributed by atoms with E-state index in [4.69, 9.17) is 5.26 Å². The molecule has 1 saturated heterocycles. The van der Waals surface area contributed by atoms with E-state index < -0.39 is 0 Å². The molecule has 0 radical (unpaired) electrons. The van der Waals surface area contributed by atoms with E-state index in [-0.39, 0.29) is 6.03 Å². The van der Waals surface area contributed by atoms with Crippen molar-refractivity contribution < 1.29 is 4.79 Å². The number of hydrogen-bond donors (Lipinski definition) is 0. The zero-order chi connectivity index (χ0) is 14.4. The van der Waals surface area contributed by atoms with Gasteiger partial charge in [-0.15, -0.1) is 0 Å². The molecule has 1 aliphatic rings. The van der Waals surface area contributed by atoms with E-state index in [0.29, 0.717) is 18.9 Å². The van der Waals surface area contributed by atoms with Crippen molar-refractivity contribution in [1.29, 1.82) is 5.26 Å². The highest BCUT2D eigenvalue weighted by atomic mass is 16.2. The molecule has 1 atom stereocenters. The van der Waals surface area contributed by atoms with E-state index >= 15 is 0 Å². The monoisotopic (exact) mass is 271 g/mol. The Bertz CT molecular complexity index is 480. The molecule has 1 fully saturated rings. The third-order valence-corrected chi connectivity index (χ3v) is 3.67. The molecule has 20 heavy (non-hydrogen) atoms. The van der Waals surface area contributed by atoms with Crippen molar-refractivity contribution in [3.63, 3.8) is 0 Å². The lowest BCUT2D eigenvalue weighted by molar-refractivity contribution is 0.176. The van der Waals surface area contributed by atoms with Crippen LogP contribution in [0.5, 0.6) is 0 Å². The Morgan fingerprint density at radius 3 is 2.85 bits per heavy atom. The Kier molecular flexibility index (Phi) is 5.00. The van der Waals surface area contributed by atoms with Crippen LogP contribution >= 0.6 is 0 Å². The third-order valence-electron chi connectivity index (χ3n) is 3.67. The molecule has 1 heterocycles. The van der Waals surface area contributed by atoms with Crippen molar-refractivity contribution in [3.05, 3.63) is 30.3 Å². The van der Waals surface area contributed by atoms with E-state index in [1.54, 1.807) is 4.90 Å². The Balaban J connectivity index is 2.14. The van der Waals surface area contributed by atoms with Crippen LogP contribution in [0.4, 0.5) is 10.5 Å². The number of para-hydroxylation sites is 1. The first-order valence-corrected chi connectivity index (χ1v) is 7.21. The largest absolute Gasteiger partial charge is 0.324 e. The number of piperidine rings is 1. The second kappa shape index (κ2) is 6.95. The van der Waals surface area contributed by atoms with Crippen LogP contribution in [-0.4, -0.2) is 30.6 Å². The molecule has 0 aromatic heterocycles. The van der Waals surface area contributed by atoms with Crippen LogP contribution in [0.1, 0.15) is 26.2 Å². The van der Waals surface area contributed by atoms with E-state index in [2.05, 4.69) is 13.0 Å². The van der Waals surface area contributed by atoms with Crippen LogP contribution in [0.25, 0.3) is 0 Å². The maximum atomic E-state index is 12.7. The minimum atomic E-state index is 0.0259. The van der Waals surface area contributed by atoms with Gasteiger partial charge in [-0.3, -0.25) is 4.90 Å². The van der Waals surface area contributed by atoms with Gasteiger partial charge in [-0.25, -0.2) is 4.79 Å². The van der Waals surface area contributed by atoms with Crippen molar-refractivity contribution in [1.82, 2.24) is 4.90 Å². The second-order valence-electron chi connectivity index (χ2n) is 5.37. The van der Waals surface area contributed by atoms with Gasteiger partial charge in [-0.2, -0.15) is 5.26 Å². The van der Waals surface area contributed by atoms with Gasteiger partial charge in [0.2, 0.25) is 0 Å². The number of urea groups is 1. The number of hydrogen-bond acceptors (Lipinski definition) is 2. The highest BCUT2D eigenvalue weighted by Gasteiger charge is 2.25. The summed E-state index contributed by atoms with van der Waals surface area (Å²) in [6.45, 7) is 4.26. The maximum absolute atomic E-state index is 12.7. The lowest BCUT2D eigenvalue weighted by atomic mass is 10.0. The Labute approximate surface area is 120 Å². The molecule has 1 aromatic carbocycles. The fraction of sp³-hybridized carbons (Fsp3) is 0.500. The molecule has 1 aromatic rings. The standard InChI is InChI=1S/C16H21N3O/c1-14-7-5-11-18(13-14)16(20)19(12-6-10-17)15-8-3-2-4-9-15/h2-4,8-9,14H,5-7,11-13H2,1H3. The fourth-order valence-electron chi connectivity index (χ4n) is 2.64. The average molecular weight is 271 g/mol. The lowest BCUT2D eigenvalue weighted by Gasteiger charge is -2.35. The summed E-state index contributed by atoms with van der Waals surface area (Å²) < 4.78 is 0. The summed E-state index contributed by atoms with van der Waals surface area (Å²) in [6.07, 6.45) is 2.60. The molecule has 4 heteroatoms. The average Bonchev–Trinajstić information content (AvgIpc) is 2.48. The molecule has 0 aliphatic carbocycles. The zero-order valence-electron chi connectivity index (χ0n) is 12.0. The number of anilines is 1. The topological polar surface area (TPSA) is 47.3 Å². The molecule has 1 aliphatic heterocycles. The van der Waals surface area contributed by atoms with Crippen molar-refractivity contribution >= 4 is 11.7 Å². The number of amides is 2. The van der Waals surface area contributed by atoms with Crippen LogP contribution in [-0.2, 0) is 0 Å². The minimum absolute atomic E-state index is 0.0259. The molecular weight excluding hydrogens is 250 g/mol. The van der Waals surface area contributed by atoms with Gasteiger partial charge in [0.1, 0.15) is 0 Å². The summed E-state index contributed by atoms with van der Waals surface area (Å²) in [4.78, 5) is 16.3. The molecule has 106 valence electrons. The van der Waals surface area contributed by atoms with E-state index in [1.807, 2.05) is 35.2 Å². The summed E-state index contributed by atoms with van der Waals surface area (Å²) in [7, 11) is 0. The minimum Gasteiger partial charge on any atom is -0.324 e. The number of nitrogens with zero attached hydrogens (tertiary/aromatic N) is 3. The normalized spacial score (nSPS) is 18.4. The van der Waals surface area contributed by atoms with Crippen molar-refractivity contribution in [2.45, 2.75) is 26.2 Å². The van der Waals surface area contributed by atoms with Crippen molar-refractivity contribution in [2.75, 3.05) is 24.5 Å². The zero-order valence-corrected chi connectivity index (χ0v) is 12.0. The second-order valence-corrected chi connectivity index (χ2v) is 5.37. The first kappa shape index (κ1) is 14.4. The van der Waals surface area contributed by atoms with Crippen LogP contribution in [0.3, 0.4) is 0 Å². The van der Waals surface area contributed by atoms with E-state index in [9.17, 15) is 4.79 Å². The van der Waals surface area contributed by atoms with Gasteiger partial charge in [-0.1, -0.05) is 25.1 Å². The van der Waals surface area contributed by atoms with E-state index in [0.717, 1.165) is 25.2 Å². The highest BCUT2D eigenvalue weighted by Crippen LogP contribution is 2.20. The number of carbonyl (C=O) groups excluding carboxylic acids is 1. The maximum Gasteiger partial charge on any atom is 0.324 e. The third kappa shape index (κ3) is 3.51. The Morgan fingerprint density at radius 1 is 1.45 bits per heavy atom. The van der Waals surface area contributed by atoms with E-state index in [1.165, 1.54) is 6.42 Å². The smallest absolute Gasteiger partial charge is 0.324 e. The first-order valence-electron chi connectivity index (χ1n) is 7.21. The van der Waals surface area contributed by atoms with Crippen molar-refractivity contribution in [2.24, 2.45) is 5.92 Å². The molecule has 0 bridgehead atoms. The van der Waals surface area contributed by atoms with Gasteiger partial charge in [0.25, 0.3) is 0 Å². The van der Waals surface area contributed by atoms with Gasteiger partial charge in [0, 0.05) is 25.3 Å². The highest BCUT2D eigenvalue weighted by molar-refractivity contribution is 5.92. The molecular formula is C16H21N3O. The molecule has 4 nitrogen and oxygen atoms in total. The van der Waals surface area contributed by atoms with Crippen LogP contribution in [0, 0.1) is 17.2 Å². The molecule has 0 spiro atoms. The molecule has 2 rings (SSSR count). The van der Waals surface area contributed by atoms with Crippen LogP contribution in [0.2, 0.25) is 0 Å². The number of benzene rings is 1. The van der Waals surface area contributed by atoms with Gasteiger partial charge < -0.3 is 4.90 Å². The fourth-order valence-corrected chi connectivity index (χ4v) is 2.64. The van der Waals surface area contributed by atoms with Crippen LogP contribution in [0.15, 0.2) is 30.3 Å². The van der Waals surface area contributed by atoms with Gasteiger partial charge >= 0.3 is 6.03 Å². The molecule has 1 unspecified atom stereocenters. The molecule has 2 amide bonds. The summed E-state index contributed by atoms with van der Waals surface area (Å²) >= 11 is 0. The molecule has 0 N–H and O–H groups in total. The predicted octanol–water partition coefficient (Wildman–Crippen LogP) is 3.26. The summed E-state index contributed by atoms with van der Waals surface area (Å²) in [6, 6.07) is 11.8. The Hall–Kier alpha value is -2.02. The lowest BCUT2D eigenvalue weighted by Crippen LogP contribution is -2.47. The van der Waals surface area contributed by atoms with Crippen molar-refractivity contribution in [3.8, 4) is 6.07 Å². The number of carbonyl (C=O) groups is 1. The molecule has 0 saturated carbocycles. The first-order chi connectivity index (χ1) is 9.72.